The summed E-state index contributed by atoms with van der Waals surface area (Å²) in [5, 5.41) is 23.1. The molecular formula is C15H11ClN4. The summed E-state index contributed by atoms with van der Waals surface area (Å²) in [6.07, 6.45) is 4.21. The number of nitrogens with one attached hydrogen (secondary N) is 1. The lowest BCUT2D eigenvalue weighted by atomic mass is 9.84. The van der Waals surface area contributed by atoms with Crippen molar-refractivity contribution in [2.75, 3.05) is 4.90 Å². The standard InChI is InChI=1S/C15H11ClN4/c16-8-1-4-13-10(5-8)9-2-3-12-11(6-17)14(7-18)20(13)15(9)19-12/h1-5,9,11-12,14-15,19H/t9-,11-,12+,14+,15+/m1/s1. The fourth-order valence-corrected chi connectivity index (χ4v) is 3.80. The maximum absolute atomic E-state index is 9.53. The molecule has 0 amide bonds. The first-order chi connectivity index (χ1) is 9.74. The van der Waals surface area contributed by atoms with E-state index in [0.29, 0.717) is 5.02 Å². The van der Waals surface area contributed by atoms with Crippen molar-refractivity contribution in [3.05, 3.63) is 40.9 Å². The van der Waals surface area contributed by atoms with Crippen LogP contribution in [0.4, 0.5) is 5.69 Å². The SMILES string of the molecule is N#C[C@@H]1[C@@H]2C=C[C@@H]3c4cc(Cl)ccc4N([C@@H]3N2)[C@H]1C#N. The minimum Gasteiger partial charge on any atom is -0.337 e. The predicted octanol–water partition coefficient (Wildman–Crippen LogP) is 2.14. The van der Waals surface area contributed by atoms with E-state index in [1.807, 2.05) is 29.2 Å². The number of halogens is 1. The van der Waals surface area contributed by atoms with Crippen LogP contribution >= 0.6 is 11.6 Å². The van der Waals surface area contributed by atoms with Crippen LogP contribution in [0.15, 0.2) is 30.4 Å². The van der Waals surface area contributed by atoms with Gasteiger partial charge in [0.25, 0.3) is 0 Å². The first-order valence-electron chi connectivity index (χ1n) is 6.56. The molecule has 0 aliphatic carbocycles. The molecule has 1 N–H and O–H groups in total. The van der Waals surface area contributed by atoms with Gasteiger partial charge in [-0.25, -0.2) is 0 Å². The Kier molecular flexibility index (Phi) is 2.35. The second kappa shape index (κ2) is 3.99. The number of benzene rings is 1. The monoisotopic (exact) mass is 282 g/mol. The molecule has 1 fully saturated rings. The Morgan fingerprint density at radius 2 is 2.05 bits per heavy atom. The molecule has 4 rings (SSSR count). The van der Waals surface area contributed by atoms with Gasteiger partial charge in [-0.1, -0.05) is 23.8 Å². The average molecular weight is 283 g/mol. The van der Waals surface area contributed by atoms with Crippen molar-refractivity contribution < 1.29 is 0 Å². The lowest BCUT2D eigenvalue weighted by molar-refractivity contribution is 0.285. The summed E-state index contributed by atoms with van der Waals surface area (Å²) in [4.78, 5) is 2.05. The second-order valence-electron chi connectivity index (χ2n) is 5.39. The van der Waals surface area contributed by atoms with Crippen LogP contribution in [0.25, 0.3) is 0 Å². The van der Waals surface area contributed by atoms with Gasteiger partial charge in [-0.2, -0.15) is 10.5 Å². The Morgan fingerprint density at radius 3 is 2.80 bits per heavy atom. The quantitative estimate of drug-likeness (QED) is 0.741. The van der Waals surface area contributed by atoms with Crippen LogP contribution in [0.5, 0.6) is 0 Å². The third-order valence-electron chi connectivity index (χ3n) is 4.46. The van der Waals surface area contributed by atoms with Crippen LogP contribution in [-0.4, -0.2) is 18.2 Å². The third kappa shape index (κ3) is 1.33. The van der Waals surface area contributed by atoms with Crippen LogP contribution in [0.1, 0.15) is 11.5 Å². The normalized spacial score (nSPS) is 36.1. The predicted molar refractivity (Wildman–Crippen MR) is 75.0 cm³/mol. The van der Waals surface area contributed by atoms with Gasteiger partial charge in [0, 0.05) is 22.7 Å². The Labute approximate surface area is 121 Å². The number of rotatable bonds is 0. The van der Waals surface area contributed by atoms with Crippen molar-refractivity contribution >= 4 is 17.3 Å². The van der Waals surface area contributed by atoms with E-state index >= 15 is 0 Å². The number of anilines is 1. The number of fused-ring (bicyclic) bond motifs is 4. The van der Waals surface area contributed by atoms with E-state index < -0.39 is 6.04 Å². The number of hydrogen-bond donors (Lipinski definition) is 1. The van der Waals surface area contributed by atoms with Gasteiger partial charge in [-0.05, 0) is 23.8 Å². The molecule has 0 unspecified atom stereocenters. The van der Waals surface area contributed by atoms with Crippen molar-refractivity contribution in [1.29, 1.82) is 10.5 Å². The molecule has 5 heteroatoms. The lowest BCUT2D eigenvalue weighted by Crippen LogP contribution is -2.65. The van der Waals surface area contributed by atoms with E-state index in [1.165, 1.54) is 0 Å². The van der Waals surface area contributed by atoms with Gasteiger partial charge < -0.3 is 4.90 Å². The van der Waals surface area contributed by atoms with Gasteiger partial charge in [0.2, 0.25) is 0 Å². The smallest absolute Gasteiger partial charge is 0.136 e. The lowest BCUT2D eigenvalue weighted by Gasteiger charge is -2.46. The van der Waals surface area contributed by atoms with Crippen molar-refractivity contribution in [3.63, 3.8) is 0 Å². The van der Waals surface area contributed by atoms with Crippen molar-refractivity contribution in [1.82, 2.24) is 5.32 Å². The molecule has 2 bridgehead atoms. The van der Waals surface area contributed by atoms with Gasteiger partial charge in [-0.15, -0.1) is 0 Å². The fraction of sp³-hybridized carbons (Fsp3) is 0.333. The molecule has 1 saturated heterocycles. The third-order valence-corrected chi connectivity index (χ3v) is 4.70. The minimum atomic E-state index is -0.425. The summed E-state index contributed by atoms with van der Waals surface area (Å²) >= 11 is 6.10. The summed E-state index contributed by atoms with van der Waals surface area (Å²) in [6, 6.07) is 9.87. The Bertz CT molecular complexity index is 699. The highest BCUT2D eigenvalue weighted by Crippen LogP contribution is 2.48. The zero-order valence-electron chi connectivity index (χ0n) is 10.5. The van der Waals surface area contributed by atoms with Crippen molar-refractivity contribution in [2.45, 2.75) is 24.2 Å². The maximum atomic E-state index is 9.53. The Hall–Kier alpha value is -2.01. The van der Waals surface area contributed by atoms with Crippen molar-refractivity contribution in [3.8, 4) is 12.1 Å². The molecule has 5 atom stereocenters. The highest BCUT2D eigenvalue weighted by atomic mass is 35.5. The zero-order chi connectivity index (χ0) is 13.9. The van der Waals surface area contributed by atoms with E-state index in [9.17, 15) is 10.5 Å². The maximum Gasteiger partial charge on any atom is 0.136 e. The van der Waals surface area contributed by atoms with Crippen LogP contribution in [0.3, 0.4) is 0 Å². The molecule has 1 aromatic rings. The molecule has 3 aliphatic heterocycles. The minimum absolute atomic E-state index is 0.0488. The van der Waals surface area contributed by atoms with Crippen LogP contribution in [0, 0.1) is 28.6 Å². The molecule has 0 aromatic heterocycles. The fourth-order valence-electron chi connectivity index (χ4n) is 3.61. The second-order valence-corrected chi connectivity index (χ2v) is 5.82. The van der Waals surface area contributed by atoms with E-state index in [4.69, 9.17) is 11.6 Å². The number of nitrogens with zero attached hydrogens (tertiary/aromatic N) is 3. The summed E-state index contributed by atoms with van der Waals surface area (Å²) < 4.78 is 0. The molecular weight excluding hydrogens is 272 g/mol. The summed E-state index contributed by atoms with van der Waals surface area (Å²) in [7, 11) is 0. The Morgan fingerprint density at radius 1 is 1.20 bits per heavy atom. The first kappa shape index (κ1) is 11.8. The molecule has 98 valence electrons. The van der Waals surface area contributed by atoms with E-state index in [0.717, 1.165) is 11.3 Å². The van der Waals surface area contributed by atoms with E-state index in [1.54, 1.807) is 0 Å². The molecule has 3 heterocycles. The highest BCUT2D eigenvalue weighted by molar-refractivity contribution is 6.30. The largest absolute Gasteiger partial charge is 0.337 e. The topological polar surface area (TPSA) is 62.9 Å². The van der Waals surface area contributed by atoms with Gasteiger partial charge in [-0.3, -0.25) is 5.32 Å². The summed E-state index contributed by atoms with van der Waals surface area (Å²) in [5.41, 5.74) is 2.14. The molecule has 4 nitrogen and oxygen atoms in total. The molecule has 1 aromatic carbocycles. The van der Waals surface area contributed by atoms with Gasteiger partial charge in [0.1, 0.15) is 6.04 Å². The van der Waals surface area contributed by atoms with Gasteiger partial charge in [0.15, 0.2) is 0 Å². The average Bonchev–Trinajstić information content (AvgIpc) is 2.80. The van der Waals surface area contributed by atoms with Crippen LogP contribution < -0.4 is 10.2 Å². The van der Waals surface area contributed by atoms with Crippen molar-refractivity contribution in [2.24, 2.45) is 5.92 Å². The highest BCUT2D eigenvalue weighted by Gasteiger charge is 2.51. The molecule has 0 spiro atoms. The van der Waals surface area contributed by atoms with Crippen LogP contribution in [0.2, 0.25) is 5.02 Å². The number of hydrogen-bond acceptors (Lipinski definition) is 4. The number of nitriles is 2. The molecule has 20 heavy (non-hydrogen) atoms. The van der Waals surface area contributed by atoms with E-state index in [-0.39, 0.29) is 24.0 Å². The van der Waals surface area contributed by atoms with E-state index in [2.05, 4.69) is 23.5 Å². The molecule has 0 saturated carbocycles. The van der Waals surface area contributed by atoms with Gasteiger partial charge >= 0.3 is 0 Å². The summed E-state index contributed by atoms with van der Waals surface area (Å²) in [6.45, 7) is 0. The molecule has 3 aliphatic rings. The molecule has 0 radical (unpaired) electrons. The van der Waals surface area contributed by atoms with Crippen LogP contribution in [-0.2, 0) is 0 Å². The first-order valence-corrected chi connectivity index (χ1v) is 6.94. The zero-order valence-corrected chi connectivity index (χ0v) is 11.2. The van der Waals surface area contributed by atoms with Gasteiger partial charge in [0.05, 0.1) is 24.2 Å². The summed E-state index contributed by atoms with van der Waals surface area (Å²) in [5.74, 6) is -0.175. The Balaban J connectivity index is 1.94.